The van der Waals surface area contributed by atoms with E-state index in [-0.39, 0.29) is 18.6 Å². The number of anilines is 1. The van der Waals surface area contributed by atoms with Crippen LogP contribution >= 0.6 is 0 Å². The van der Waals surface area contributed by atoms with E-state index in [1.807, 2.05) is 62.4 Å². The minimum absolute atomic E-state index is 0.144. The zero-order valence-corrected chi connectivity index (χ0v) is 24.1. The van der Waals surface area contributed by atoms with Crippen molar-refractivity contribution in [3.05, 3.63) is 102 Å². The van der Waals surface area contributed by atoms with Crippen molar-refractivity contribution in [1.29, 1.82) is 0 Å². The van der Waals surface area contributed by atoms with Crippen LogP contribution in [-0.2, 0) is 4.79 Å². The van der Waals surface area contributed by atoms with Gasteiger partial charge in [0.2, 0.25) is 12.7 Å². The summed E-state index contributed by atoms with van der Waals surface area (Å²) >= 11 is 0. The maximum absolute atomic E-state index is 12.9. The van der Waals surface area contributed by atoms with Crippen LogP contribution in [0.3, 0.4) is 0 Å². The Morgan fingerprint density at radius 1 is 0.860 bits per heavy atom. The van der Waals surface area contributed by atoms with E-state index in [1.54, 1.807) is 48.2 Å². The molecule has 0 fully saturated rings. The highest BCUT2D eigenvalue weighted by Crippen LogP contribution is 2.44. The van der Waals surface area contributed by atoms with E-state index in [0.29, 0.717) is 39.8 Å². The van der Waals surface area contributed by atoms with Crippen LogP contribution in [0.1, 0.15) is 28.4 Å². The van der Waals surface area contributed by atoms with E-state index < -0.39 is 5.97 Å². The monoisotopic (exact) mass is 575 g/mol. The molecule has 9 nitrogen and oxygen atoms in total. The van der Waals surface area contributed by atoms with Gasteiger partial charge in [-0.15, -0.1) is 0 Å². The Hall–Kier alpha value is -5.57. The first-order valence-corrected chi connectivity index (χ1v) is 13.7. The SMILES string of the molecule is COc1ccc(C(=O)Nc2ccc(-c3c(-c4ccc5c(c4)OCO5)nn(-c4cc(C)ccc4C)c3OC(C)=O)cc2)cc1. The molecule has 216 valence electrons. The molecular formula is C34H29N3O6. The fourth-order valence-corrected chi connectivity index (χ4v) is 4.92. The largest absolute Gasteiger partial charge is 0.497 e. The summed E-state index contributed by atoms with van der Waals surface area (Å²) in [6.07, 6.45) is 0. The zero-order valence-electron chi connectivity index (χ0n) is 24.1. The van der Waals surface area contributed by atoms with Crippen molar-refractivity contribution in [1.82, 2.24) is 9.78 Å². The molecule has 0 bridgehead atoms. The van der Waals surface area contributed by atoms with Gasteiger partial charge in [-0.3, -0.25) is 9.59 Å². The summed E-state index contributed by atoms with van der Waals surface area (Å²) in [5.74, 6) is 1.48. The lowest BCUT2D eigenvalue weighted by molar-refractivity contribution is -0.132. The molecule has 0 spiro atoms. The lowest BCUT2D eigenvalue weighted by Crippen LogP contribution is -2.11. The number of esters is 1. The molecule has 5 aromatic rings. The van der Waals surface area contributed by atoms with Crippen LogP contribution in [0.15, 0.2) is 84.9 Å². The average Bonchev–Trinajstić information content (AvgIpc) is 3.63. The smallest absolute Gasteiger partial charge is 0.309 e. The second-order valence-electron chi connectivity index (χ2n) is 10.2. The van der Waals surface area contributed by atoms with Gasteiger partial charge >= 0.3 is 5.97 Å². The van der Waals surface area contributed by atoms with Gasteiger partial charge in [0.25, 0.3) is 5.91 Å². The third kappa shape index (κ3) is 5.52. The fourth-order valence-electron chi connectivity index (χ4n) is 4.92. The lowest BCUT2D eigenvalue weighted by atomic mass is 10.0. The molecular weight excluding hydrogens is 546 g/mol. The molecule has 1 N–H and O–H groups in total. The highest BCUT2D eigenvalue weighted by Gasteiger charge is 2.27. The summed E-state index contributed by atoms with van der Waals surface area (Å²) in [7, 11) is 1.58. The first-order valence-electron chi connectivity index (χ1n) is 13.7. The van der Waals surface area contributed by atoms with Gasteiger partial charge < -0.3 is 24.3 Å². The van der Waals surface area contributed by atoms with Gasteiger partial charge in [-0.2, -0.15) is 9.78 Å². The number of rotatable bonds is 7. The number of nitrogens with zero attached hydrogens (tertiary/aromatic N) is 2. The molecule has 0 aliphatic carbocycles. The molecule has 1 aliphatic rings. The Balaban J connectivity index is 1.45. The Kier molecular flexibility index (Phi) is 7.29. The molecule has 0 radical (unpaired) electrons. The summed E-state index contributed by atoms with van der Waals surface area (Å²) in [5, 5.41) is 7.92. The first kappa shape index (κ1) is 27.6. The standard InChI is InChI=1S/C34H29N3O6/c1-20-5-6-21(2)28(17-20)37-34(43-22(3)38)31(32(36-37)25-11-16-29-30(18-25)42-19-41-29)23-7-12-26(13-8-23)35-33(39)24-9-14-27(40-4)15-10-24/h5-18H,19H2,1-4H3,(H,35,39). The molecule has 1 amide bonds. The van der Waals surface area contributed by atoms with Crippen LogP contribution in [0.2, 0.25) is 0 Å². The molecule has 0 unspecified atom stereocenters. The topological polar surface area (TPSA) is 101 Å². The highest BCUT2D eigenvalue weighted by atomic mass is 16.7. The second-order valence-corrected chi connectivity index (χ2v) is 10.2. The second kappa shape index (κ2) is 11.4. The van der Waals surface area contributed by atoms with Crippen LogP contribution < -0.4 is 24.3 Å². The van der Waals surface area contributed by atoms with Crippen molar-refractivity contribution in [2.24, 2.45) is 0 Å². The van der Waals surface area contributed by atoms with Gasteiger partial charge in [-0.05, 0) is 91.2 Å². The van der Waals surface area contributed by atoms with Crippen molar-refractivity contribution in [3.8, 4) is 51.2 Å². The number of fused-ring (bicyclic) bond motifs is 1. The molecule has 9 heteroatoms. The van der Waals surface area contributed by atoms with Gasteiger partial charge in [0, 0.05) is 23.7 Å². The number of carbonyl (C=O) groups is 2. The number of amides is 1. The number of ether oxygens (including phenoxy) is 4. The van der Waals surface area contributed by atoms with Crippen molar-refractivity contribution in [3.63, 3.8) is 0 Å². The third-order valence-corrected chi connectivity index (χ3v) is 7.11. The van der Waals surface area contributed by atoms with Gasteiger partial charge in [0.1, 0.15) is 11.4 Å². The number of methoxy groups -OCH3 is 1. The molecule has 43 heavy (non-hydrogen) atoms. The van der Waals surface area contributed by atoms with Crippen molar-refractivity contribution in [2.75, 3.05) is 19.2 Å². The van der Waals surface area contributed by atoms with Gasteiger partial charge in [-0.1, -0.05) is 24.3 Å². The quantitative estimate of drug-likeness (QED) is 0.215. The third-order valence-electron chi connectivity index (χ3n) is 7.11. The number of benzene rings is 4. The number of carbonyl (C=O) groups excluding carboxylic acids is 2. The summed E-state index contributed by atoms with van der Waals surface area (Å²) in [5.41, 5.74) is 6.58. The number of nitrogens with one attached hydrogen (secondary N) is 1. The molecule has 1 aromatic heterocycles. The van der Waals surface area contributed by atoms with Crippen LogP contribution in [0, 0.1) is 13.8 Å². The molecule has 0 atom stereocenters. The number of hydrogen-bond donors (Lipinski definition) is 1. The predicted molar refractivity (Wildman–Crippen MR) is 162 cm³/mol. The lowest BCUT2D eigenvalue weighted by Gasteiger charge is -2.12. The van der Waals surface area contributed by atoms with E-state index in [2.05, 4.69) is 5.32 Å². The summed E-state index contributed by atoms with van der Waals surface area (Å²) in [6, 6.07) is 25.8. The first-order chi connectivity index (χ1) is 20.8. The van der Waals surface area contributed by atoms with Gasteiger partial charge in [-0.25, -0.2) is 0 Å². The maximum atomic E-state index is 12.9. The number of hydrogen-bond acceptors (Lipinski definition) is 7. The summed E-state index contributed by atoms with van der Waals surface area (Å²) < 4.78 is 23.9. The van der Waals surface area contributed by atoms with E-state index in [9.17, 15) is 9.59 Å². The van der Waals surface area contributed by atoms with E-state index in [1.165, 1.54) is 6.92 Å². The average molecular weight is 576 g/mol. The predicted octanol–water partition coefficient (Wildman–Crippen LogP) is 6.74. The summed E-state index contributed by atoms with van der Waals surface area (Å²) in [6.45, 7) is 5.48. The molecule has 6 rings (SSSR count). The van der Waals surface area contributed by atoms with Crippen molar-refractivity contribution >= 4 is 17.6 Å². The number of aryl methyl sites for hydroxylation is 2. The number of aromatic nitrogens is 2. The zero-order chi connectivity index (χ0) is 30.1. The van der Waals surface area contributed by atoms with E-state index in [0.717, 1.165) is 27.9 Å². The molecule has 2 heterocycles. The van der Waals surface area contributed by atoms with Crippen molar-refractivity contribution in [2.45, 2.75) is 20.8 Å². The molecule has 0 saturated heterocycles. The highest BCUT2D eigenvalue weighted by molar-refractivity contribution is 6.04. The maximum Gasteiger partial charge on any atom is 0.309 e. The van der Waals surface area contributed by atoms with Crippen LogP contribution in [0.25, 0.3) is 28.1 Å². The van der Waals surface area contributed by atoms with Crippen LogP contribution in [-0.4, -0.2) is 35.6 Å². The van der Waals surface area contributed by atoms with E-state index in [4.69, 9.17) is 24.0 Å². The Labute approximate surface area is 248 Å². The van der Waals surface area contributed by atoms with E-state index >= 15 is 0 Å². The van der Waals surface area contributed by atoms with Gasteiger partial charge in [0.15, 0.2) is 11.5 Å². The molecule has 1 aliphatic heterocycles. The van der Waals surface area contributed by atoms with Crippen molar-refractivity contribution < 1.29 is 28.5 Å². The van der Waals surface area contributed by atoms with Crippen LogP contribution in [0.4, 0.5) is 5.69 Å². The van der Waals surface area contributed by atoms with Gasteiger partial charge in [0.05, 0.1) is 18.4 Å². The molecule has 4 aromatic carbocycles. The Bertz CT molecular complexity index is 1840. The summed E-state index contributed by atoms with van der Waals surface area (Å²) in [4.78, 5) is 25.3. The fraction of sp³-hybridized carbons (Fsp3) is 0.147. The van der Waals surface area contributed by atoms with Crippen LogP contribution in [0.5, 0.6) is 23.1 Å². The minimum Gasteiger partial charge on any atom is -0.497 e. The Morgan fingerprint density at radius 3 is 2.30 bits per heavy atom. The Morgan fingerprint density at radius 2 is 1.58 bits per heavy atom. The normalized spacial score (nSPS) is 11.7. The minimum atomic E-state index is -0.478. The molecule has 0 saturated carbocycles.